The van der Waals surface area contributed by atoms with Crippen LogP contribution in [0.3, 0.4) is 0 Å². The van der Waals surface area contributed by atoms with Gasteiger partial charge in [-0.05, 0) is 29.6 Å². The van der Waals surface area contributed by atoms with Crippen LogP contribution in [0.15, 0.2) is 28.4 Å². The van der Waals surface area contributed by atoms with Gasteiger partial charge < -0.3 is 9.67 Å². The maximum Gasteiger partial charge on any atom is 0.223 e. The summed E-state index contributed by atoms with van der Waals surface area (Å²) in [6.07, 6.45) is 0. The molecule has 3 rings (SSSR count). The average molecular weight is 400 g/mol. The molecule has 1 unspecified atom stereocenters. The number of rotatable bonds is 1. The molecule has 1 aromatic carbocycles. The van der Waals surface area contributed by atoms with E-state index in [0.29, 0.717) is 5.39 Å². The molecule has 1 aliphatic rings. The third-order valence-corrected chi connectivity index (χ3v) is 6.03. The molecule has 0 fully saturated rings. The van der Waals surface area contributed by atoms with Crippen LogP contribution in [0.25, 0.3) is 16.5 Å². The lowest BCUT2D eigenvalue weighted by Gasteiger charge is -2.39. The summed E-state index contributed by atoms with van der Waals surface area (Å²) in [7, 11) is 0. The molecule has 20 heavy (non-hydrogen) atoms. The highest BCUT2D eigenvalue weighted by Gasteiger charge is 2.41. The topological polar surface area (TPSA) is 54.6 Å². The highest BCUT2D eigenvalue weighted by molar-refractivity contribution is 9.11. The number of nitrogens with zero attached hydrogens (tertiary/aromatic N) is 2. The second-order valence-corrected chi connectivity index (χ2v) is 6.75. The van der Waals surface area contributed by atoms with E-state index < -0.39 is 5.54 Å². The van der Waals surface area contributed by atoms with Gasteiger partial charge in [0.1, 0.15) is 0 Å². The Balaban J connectivity index is 2.59. The first-order valence-electron chi connectivity index (χ1n) is 6.10. The van der Waals surface area contributed by atoms with Crippen LogP contribution in [0, 0.1) is 4.91 Å². The fourth-order valence-electron chi connectivity index (χ4n) is 2.94. The molecule has 0 spiro atoms. The monoisotopic (exact) mass is 398 g/mol. The average Bonchev–Trinajstić information content (AvgIpc) is 2.71. The van der Waals surface area contributed by atoms with Gasteiger partial charge in [-0.2, -0.15) is 0 Å². The van der Waals surface area contributed by atoms with Gasteiger partial charge >= 0.3 is 0 Å². The van der Waals surface area contributed by atoms with E-state index >= 15 is 0 Å². The first-order valence-corrected chi connectivity index (χ1v) is 7.93. The van der Waals surface area contributed by atoms with Crippen molar-refractivity contribution >= 4 is 54.0 Å². The van der Waals surface area contributed by atoms with Gasteiger partial charge in [0.05, 0.1) is 15.9 Å². The van der Waals surface area contributed by atoms with Gasteiger partial charge in [-0.25, -0.2) is 0 Å². The zero-order valence-corrected chi connectivity index (χ0v) is 14.1. The third-order valence-electron chi connectivity index (χ3n) is 3.93. The molecule has 0 bridgehead atoms. The lowest BCUT2D eigenvalue weighted by molar-refractivity contribution is 0.321. The molecule has 0 saturated heterocycles. The van der Waals surface area contributed by atoms with Gasteiger partial charge in [-0.15, -0.1) is 4.91 Å². The van der Waals surface area contributed by atoms with Crippen LogP contribution in [0.5, 0.6) is 5.88 Å². The normalized spacial score (nSPS) is 22.4. The van der Waals surface area contributed by atoms with Crippen molar-refractivity contribution in [3.05, 3.63) is 33.7 Å². The maximum atomic E-state index is 11.1. The standard InChI is InChI=1S/C14H12Br2N2O2/c1-14(2)12(16)9(6-15)7-4-3-5-8-10(17-20)13(19)18(14)11(7)8/h3-6,12,19H,1-2H3. The summed E-state index contributed by atoms with van der Waals surface area (Å²) in [6.45, 7) is 4.01. The van der Waals surface area contributed by atoms with Crippen LogP contribution in [0.4, 0.5) is 5.69 Å². The zero-order valence-electron chi connectivity index (χ0n) is 10.9. The number of halogens is 2. The Labute approximate surface area is 132 Å². The summed E-state index contributed by atoms with van der Waals surface area (Å²) < 4.78 is 1.79. The molecule has 4 nitrogen and oxygen atoms in total. The highest BCUT2D eigenvalue weighted by atomic mass is 79.9. The molecule has 104 valence electrons. The van der Waals surface area contributed by atoms with E-state index in [9.17, 15) is 10.0 Å². The molecule has 1 aromatic heterocycles. The van der Waals surface area contributed by atoms with Crippen LogP contribution in [-0.2, 0) is 5.54 Å². The Bertz CT molecular complexity index is 762. The van der Waals surface area contributed by atoms with Crippen LogP contribution in [-0.4, -0.2) is 14.5 Å². The fraction of sp³-hybridized carbons (Fsp3) is 0.286. The predicted molar refractivity (Wildman–Crippen MR) is 88.0 cm³/mol. The first kappa shape index (κ1) is 13.8. The van der Waals surface area contributed by atoms with Crippen LogP contribution in [0.1, 0.15) is 19.4 Å². The molecule has 1 atom stereocenters. The Morgan fingerprint density at radius 2 is 2.15 bits per heavy atom. The van der Waals surface area contributed by atoms with E-state index in [-0.39, 0.29) is 16.4 Å². The lowest BCUT2D eigenvalue weighted by Crippen LogP contribution is -2.39. The summed E-state index contributed by atoms with van der Waals surface area (Å²) in [6, 6.07) is 5.65. The van der Waals surface area contributed by atoms with Gasteiger partial charge in [0.25, 0.3) is 0 Å². The molecule has 0 aliphatic carbocycles. The molecular weight excluding hydrogens is 388 g/mol. The number of hydrogen-bond acceptors (Lipinski definition) is 3. The number of benzene rings is 1. The van der Waals surface area contributed by atoms with Gasteiger partial charge in [-0.3, -0.25) is 0 Å². The van der Waals surface area contributed by atoms with Crippen molar-refractivity contribution in [1.29, 1.82) is 0 Å². The summed E-state index contributed by atoms with van der Waals surface area (Å²) in [4.78, 5) is 13.0. The number of aromatic hydroxyl groups is 1. The van der Waals surface area contributed by atoms with E-state index in [1.807, 2.05) is 37.0 Å². The molecule has 1 aliphatic heterocycles. The van der Waals surface area contributed by atoms with Crippen LogP contribution >= 0.6 is 31.9 Å². The Kier molecular flexibility index (Phi) is 3.06. The highest BCUT2D eigenvalue weighted by Crippen LogP contribution is 2.52. The molecule has 0 saturated carbocycles. The van der Waals surface area contributed by atoms with Crippen LogP contribution in [0.2, 0.25) is 0 Å². The number of allylic oxidation sites excluding steroid dienone is 1. The fourth-order valence-corrected chi connectivity index (χ4v) is 4.39. The quantitative estimate of drug-likeness (QED) is 0.542. The lowest BCUT2D eigenvalue weighted by atomic mass is 9.86. The van der Waals surface area contributed by atoms with Crippen LogP contribution < -0.4 is 0 Å². The van der Waals surface area contributed by atoms with Gasteiger partial charge in [0.15, 0.2) is 5.69 Å². The first-order chi connectivity index (χ1) is 9.45. The van der Waals surface area contributed by atoms with E-state index in [0.717, 1.165) is 16.7 Å². The van der Waals surface area contributed by atoms with Crippen molar-refractivity contribution in [2.45, 2.75) is 24.2 Å². The molecule has 0 amide bonds. The Morgan fingerprint density at radius 3 is 2.75 bits per heavy atom. The second-order valence-electron chi connectivity index (χ2n) is 5.38. The van der Waals surface area contributed by atoms with Crippen molar-refractivity contribution in [3.63, 3.8) is 0 Å². The molecule has 2 aromatic rings. The van der Waals surface area contributed by atoms with Crippen molar-refractivity contribution < 1.29 is 5.11 Å². The molecular formula is C14H12Br2N2O2. The number of para-hydroxylation sites is 1. The van der Waals surface area contributed by atoms with Crippen molar-refractivity contribution in [1.82, 2.24) is 4.57 Å². The minimum Gasteiger partial charge on any atom is -0.493 e. The number of alkyl halides is 1. The smallest absolute Gasteiger partial charge is 0.223 e. The molecule has 1 N–H and O–H groups in total. The summed E-state index contributed by atoms with van der Waals surface area (Å²) in [5.41, 5.74) is 2.56. The summed E-state index contributed by atoms with van der Waals surface area (Å²) in [5, 5.41) is 14.1. The van der Waals surface area contributed by atoms with Crippen molar-refractivity contribution in [2.75, 3.05) is 0 Å². The third kappa shape index (κ3) is 1.52. The summed E-state index contributed by atoms with van der Waals surface area (Å²) in [5.74, 6) is -0.0782. The van der Waals surface area contributed by atoms with E-state index in [2.05, 4.69) is 37.0 Å². The van der Waals surface area contributed by atoms with Crippen molar-refractivity contribution in [2.24, 2.45) is 5.18 Å². The van der Waals surface area contributed by atoms with Crippen molar-refractivity contribution in [3.8, 4) is 5.88 Å². The molecule has 6 heteroatoms. The number of aromatic nitrogens is 1. The number of nitroso groups, excluding NO2 is 1. The zero-order chi connectivity index (χ0) is 14.7. The number of hydrogen-bond donors (Lipinski definition) is 1. The minimum atomic E-state index is -0.431. The Hall–Kier alpha value is -1.14. The SMILES string of the molecule is CC1(C)C(Br)C(=CBr)c2cccc3c(N=O)c(O)n1c23. The maximum absolute atomic E-state index is 11.1. The largest absolute Gasteiger partial charge is 0.493 e. The van der Waals surface area contributed by atoms with E-state index in [1.54, 1.807) is 4.57 Å². The predicted octanol–water partition coefficient (Wildman–Crippen LogP) is 4.99. The molecule has 2 heterocycles. The second kappa shape index (κ2) is 4.43. The van der Waals surface area contributed by atoms with E-state index in [4.69, 9.17) is 0 Å². The minimum absolute atomic E-state index is 0.00900. The van der Waals surface area contributed by atoms with Gasteiger partial charge in [0.2, 0.25) is 5.88 Å². The van der Waals surface area contributed by atoms with Gasteiger partial charge in [0, 0.05) is 10.9 Å². The van der Waals surface area contributed by atoms with Gasteiger partial charge in [-0.1, -0.05) is 50.1 Å². The van der Waals surface area contributed by atoms with E-state index in [1.165, 1.54) is 0 Å². The molecule has 0 radical (unpaired) electrons. The Morgan fingerprint density at radius 1 is 1.45 bits per heavy atom. The summed E-state index contributed by atoms with van der Waals surface area (Å²) >= 11 is 7.11.